The van der Waals surface area contributed by atoms with E-state index in [1.54, 1.807) is 12.1 Å². The molecule has 3 rings (SSSR count). The first-order valence-corrected chi connectivity index (χ1v) is 8.10. The van der Waals surface area contributed by atoms with E-state index in [1.807, 2.05) is 12.1 Å². The Labute approximate surface area is 142 Å². The summed E-state index contributed by atoms with van der Waals surface area (Å²) in [6, 6.07) is 9.72. The van der Waals surface area contributed by atoms with Gasteiger partial charge in [-0.3, -0.25) is 9.59 Å². The molecule has 0 aliphatic heterocycles. The van der Waals surface area contributed by atoms with Gasteiger partial charge in [-0.2, -0.15) is 10.5 Å². The van der Waals surface area contributed by atoms with Gasteiger partial charge in [-0.1, -0.05) is 0 Å². The van der Waals surface area contributed by atoms with Gasteiger partial charge in [-0.25, -0.2) is 0 Å². The van der Waals surface area contributed by atoms with Gasteiger partial charge >= 0.3 is 0 Å². The number of carbonyl (C=O) groups excluding carboxylic acids is 2. The van der Waals surface area contributed by atoms with E-state index >= 15 is 0 Å². The van der Waals surface area contributed by atoms with Gasteiger partial charge in [0.15, 0.2) is 11.5 Å². The fourth-order valence-electron chi connectivity index (χ4n) is 1.82. The van der Waals surface area contributed by atoms with Crippen molar-refractivity contribution in [2.75, 3.05) is 0 Å². The standard InChI is InChI=1S/C16H6N2O4S2/c17-7-9(13(19)11-3-1-5-21-11)15-23-16(24-15)10(8-18)14(20)12-4-2-6-22-12/h1-6H. The van der Waals surface area contributed by atoms with Gasteiger partial charge in [0.1, 0.15) is 31.0 Å². The van der Waals surface area contributed by atoms with Gasteiger partial charge in [-0.15, -0.1) is 22.7 Å². The lowest BCUT2D eigenvalue weighted by molar-refractivity contribution is 0.102. The Hall–Kier alpha value is -3.20. The highest BCUT2D eigenvalue weighted by molar-refractivity contribution is 7.36. The summed E-state index contributed by atoms with van der Waals surface area (Å²) in [7, 11) is 0. The number of nitriles is 2. The third-order valence-corrected chi connectivity index (χ3v) is 5.50. The molecular formula is C16H6N2O4S2. The molecule has 0 spiro atoms. The summed E-state index contributed by atoms with van der Waals surface area (Å²) >= 11 is 2.08. The maximum atomic E-state index is 12.2. The van der Waals surface area contributed by atoms with Crippen LogP contribution in [0.1, 0.15) is 21.1 Å². The Morgan fingerprint density at radius 2 is 1.25 bits per heavy atom. The summed E-state index contributed by atoms with van der Waals surface area (Å²) in [6.45, 7) is 0. The van der Waals surface area contributed by atoms with Gasteiger partial charge < -0.3 is 8.83 Å². The van der Waals surface area contributed by atoms with Crippen LogP contribution in [0.5, 0.6) is 0 Å². The molecule has 0 radical (unpaired) electrons. The predicted molar refractivity (Wildman–Crippen MR) is 85.6 cm³/mol. The summed E-state index contributed by atoms with van der Waals surface area (Å²) in [5.41, 5.74) is -0.155. The molecule has 6 nitrogen and oxygen atoms in total. The van der Waals surface area contributed by atoms with Crippen LogP contribution in [0, 0.1) is 22.7 Å². The van der Waals surface area contributed by atoms with E-state index in [4.69, 9.17) is 8.83 Å². The van der Waals surface area contributed by atoms with Crippen LogP contribution in [0.25, 0.3) is 11.1 Å². The molecule has 0 amide bonds. The molecule has 0 atom stereocenters. The van der Waals surface area contributed by atoms with Crippen molar-refractivity contribution in [2.45, 2.75) is 0 Å². The molecule has 0 N–H and O–H groups in total. The average molecular weight is 354 g/mol. The van der Waals surface area contributed by atoms with Crippen molar-refractivity contribution < 1.29 is 18.4 Å². The smallest absolute Gasteiger partial charge is 0.240 e. The molecule has 0 saturated carbocycles. The van der Waals surface area contributed by atoms with Gasteiger partial charge in [0.2, 0.25) is 11.6 Å². The second kappa shape index (κ2) is 6.50. The first kappa shape index (κ1) is 15.7. The molecule has 116 valence electrons. The van der Waals surface area contributed by atoms with Crippen LogP contribution in [0.2, 0.25) is 0 Å². The van der Waals surface area contributed by atoms with Crippen molar-refractivity contribution in [3.8, 4) is 12.1 Å². The van der Waals surface area contributed by atoms with E-state index in [0.717, 1.165) is 22.7 Å². The van der Waals surface area contributed by atoms with Crippen molar-refractivity contribution >= 4 is 45.4 Å². The van der Waals surface area contributed by atoms with Crippen LogP contribution < -0.4 is 7.69 Å². The second-order valence-electron chi connectivity index (χ2n) is 4.37. The van der Waals surface area contributed by atoms with Crippen molar-refractivity contribution in [1.29, 1.82) is 10.5 Å². The second-order valence-corrected chi connectivity index (χ2v) is 6.92. The minimum absolute atomic E-state index is 0.0600. The van der Waals surface area contributed by atoms with Crippen LogP contribution in [-0.4, -0.2) is 11.6 Å². The number of rotatable bonds is 4. The number of hydrogen-bond acceptors (Lipinski definition) is 8. The Morgan fingerprint density at radius 1 is 0.833 bits per heavy atom. The van der Waals surface area contributed by atoms with Crippen LogP contribution in [0.15, 0.2) is 45.6 Å². The molecule has 0 aliphatic carbocycles. The summed E-state index contributed by atoms with van der Waals surface area (Å²) < 4.78 is 10.8. The normalized spacial score (nSPS) is 9.92. The molecule has 3 heterocycles. The Balaban J connectivity index is 2.06. The van der Waals surface area contributed by atoms with E-state index in [0.29, 0.717) is 7.69 Å². The molecular weight excluding hydrogens is 348 g/mol. The predicted octanol–water partition coefficient (Wildman–Crippen LogP) is 2.11. The van der Waals surface area contributed by atoms with Crippen molar-refractivity contribution in [3.05, 3.63) is 56.0 Å². The SMILES string of the molecule is N#CC(C(=O)c1ccco1)=c1sc(=C(C#N)C(=O)c2ccco2)s1. The molecule has 3 aromatic rings. The third-order valence-electron chi connectivity index (χ3n) is 2.95. The summed E-state index contributed by atoms with van der Waals surface area (Å²) in [4.78, 5) is 24.3. The zero-order chi connectivity index (χ0) is 17.1. The average Bonchev–Trinajstić information content (AvgIpc) is 3.25. The maximum absolute atomic E-state index is 12.2. The lowest BCUT2D eigenvalue weighted by atomic mass is 10.2. The minimum Gasteiger partial charge on any atom is -0.461 e. The Kier molecular flexibility index (Phi) is 4.25. The van der Waals surface area contributed by atoms with Gasteiger partial charge in [0.25, 0.3) is 0 Å². The number of Topliss-reactive ketones (excluding diaryl/α,β-unsaturated/α-hetero) is 2. The van der Waals surface area contributed by atoms with E-state index in [-0.39, 0.29) is 22.7 Å². The van der Waals surface area contributed by atoms with Crippen LogP contribution >= 0.6 is 22.7 Å². The quantitative estimate of drug-likeness (QED) is 0.664. The number of furan rings is 2. The largest absolute Gasteiger partial charge is 0.461 e. The molecule has 24 heavy (non-hydrogen) atoms. The fraction of sp³-hybridized carbons (Fsp3) is 0. The van der Waals surface area contributed by atoms with Crippen molar-refractivity contribution in [3.63, 3.8) is 0 Å². The molecule has 0 unspecified atom stereocenters. The van der Waals surface area contributed by atoms with Gasteiger partial charge in [0.05, 0.1) is 12.5 Å². The lowest BCUT2D eigenvalue weighted by Crippen LogP contribution is -2.21. The molecule has 3 aromatic heterocycles. The summed E-state index contributed by atoms with van der Waals surface area (Å²) in [6.07, 6.45) is 2.68. The summed E-state index contributed by atoms with van der Waals surface area (Å²) in [5, 5.41) is 18.4. The maximum Gasteiger partial charge on any atom is 0.240 e. The van der Waals surface area contributed by atoms with Gasteiger partial charge in [0, 0.05) is 0 Å². The molecule has 0 aromatic carbocycles. The van der Waals surface area contributed by atoms with Crippen LogP contribution in [0.3, 0.4) is 0 Å². The molecule has 0 aliphatic rings. The van der Waals surface area contributed by atoms with E-state index in [2.05, 4.69) is 0 Å². The fourth-order valence-corrected chi connectivity index (χ4v) is 3.88. The Morgan fingerprint density at radius 3 is 1.54 bits per heavy atom. The lowest BCUT2D eigenvalue weighted by Gasteiger charge is -1.99. The van der Waals surface area contributed by atoms with Crippen molar-refractivity contribution in [1.82, 2.24) is 0 Å². The first-order chi connectivity index (χ1) is 11.7. The number of ketones is 2. The monoisotopic (exact) mass is 354 g/mol. The molecule has 0 fully saturated rings. The topological polar surface area (TPSA) is 108 Å². The van der Waals surface area contributed by atoms with Crippen LogP contribution in [-0.2, 0) is 0 Å². The number of nitrogens with zero attached hydrogens (tertiary/aromatic N) is 2. The third kappa shape index (κ3) is 2.72. The zero-order valence-corrected chi connectivity index (χ0v) is 13.4. The van der Waals surface area contributed by atoms with Crippen LogP contribution in [0.4, 0.5) is 0 Å². The number of hydrogen-bond donors (Lipinski definition) is 0. The molecule has 0 saturated heterocycles. The van der Waals surface area contributed by atoms with E-state index in [1.165, 1.54) is 24.7 Å². The highest BCUT2D eigenvalue weighted by Gasteiger charge is 2.21. The highest BCUT2D eigenvalue weighted by Crippen LogP contribution is 2.12. The van der Waals surface area contributed by atoms with E-state index < -0.39 is 11.6 Å². The number of carbonyl (C=O) groups is 2. The summed E-state index contributed by atoms with van der Waals surface area (Å²) in [5.74, 6) is -0.950. The minimum atomic E-state index is -0.535. The first-order valence-electron chi connectivity index (χ1n) is 6.46. The Bertz CT molecular complexity index is 996. The highest BCUT2D eigenvalue weighted by atomic mass is 32.2. The van der Waals surface area contributed by atoms with Crippen molar-refractivity contribution in [2.24, 2.45) is 0 Å². The van der Waals surface area contributed by atoms with E-state index in [9.17, 15) is 20.1 Å². The van der Waals surface area contributed by atoms with Gasteiger partial charge in [-0.05, 0) is 24.3 Å². The molecule has 8 heteroatoms. The zero-order valence-electron chi connectivity index (χ0n) is 11.8. The molecule has 0 bridgehead atoms.